The summed E-state index contributed by atoms with van der Waals surface area (Å²) in [6.07, 6.45) is 5.42. The Morgan fingerprint density at radius 2 is 2.11 bits per heavy atom. The van der Waals surface area contributed by atoms with Crippen molar-refractivity contribution in [2.24, 2.45) is 17.3 Å². The van der Waals surface area contributed by atoms with Crippen molar-refractivity contribution in [2.45, 2.75) is 20.3 Å². The summed E-state index contributed by atoms with van der Waals surface area (Å²) in [5.41, 5.74) is 0.343. The van der Waals surface area contributed by atoms with Crippen LogP contribution in [0.15, 0.2) is 18.6 Å². The van der Waals surface area contributed by atoms with Crippen LogP contribution in [0.5, 0.6) is 0 Å². The number of amides is 1. The van der Waals surface area contributed by atoms with Crippen LogP contribution in [0.1, 0.15) is 19.5 Å². The van der Waals surface area contributed by atoms with Crippen molar-refractivity contribution < 1.29 is 14.7 Å². The maximum atomic E-state index is 11.9. The Labute approximate surface area is 111 Å². The molecule has 1 heterocycles. The smallest absolute Gasteiger partial charge is 0.307 e. The predicted molar refractivity (Wildman–Crippen MR) is 67.1 cm³/mol. The summed E-state index contributed by atoms with van der Waals surface area (Å²) in [6.45, 7) is 4.05. The number of aromatic nitrogens is 2. The van der Waals surface area contributed by atoms with E-state index in [2.05, 4.69) is 15.3 Å². The molecule has 0 spiro atoms. The number of hydrogen-bond donors (Lipinski definition) is 2. The zero-order chi connectivity index (χ0) is 14.0. The monoisotopic (exact) mass is 263 g/mol. The van der Waals surface area contributed by atoms with E-state index < -0.39 is 23.2 Å². The maximum absolute atomic E-state index is 11.9. The van der Waals surface area contributed by atoms with Crippen LogP contribution in [0.25, 0.3) is 0 Å². The number of carboxylic acid groups (broad SMARTS) is 1. The van der Waals surface area contributed by atoms with Crippen LogP contribution < -0.4 is 5.32 Å². The van der Waals surface area contributed by atoms with Crippen LogP contribution in [0.2, 0.25) is 0 Å². The van der Waals surface area contributed by atoms with Crippen LogP contribution in [0.4, 0.5) is 0 Å². The predicted octanol–water partition coefficient (Wildman–Crippen LogP) is 0.492. The van der Waals surface area contributed by atoms with E-state index in [-0.39, 0.29) is 5.91 Å². The molecule has 19 heavy (non-hydrogen) atoms. The lowest BCUT2D eigenvalue weighted by atomic mass is 10.1. The van der Waals surface area contributed by atoms with Gasteiger partial charge in [0, 0.05) is 31.6 Å². The topological polar surface area (TPSA) is 92.2 Å². The minimum atomic E-state index is -0.904. The van der Waals surface area contributed by atoms with Gasteiger partial charge in [-0.2, -0.15) is 0 Å². The van der Waals surface area contributed by atoms with Crippen molar-refractivity contribution in [1.82, 2.24) is 15.3 Å². The van der Waals surface area contributed by atoms with Gasteiger partial charge in [-0.1, -0.05) is 13.8 Å². The molecule has 1 fully saturated rings. The summed E-state index contributed by atoms with van der Waals surface area (Å²) in [5.74, 6) is -2.11. The van der Waals surface area contributed by atoms with E-state index in [1.807, 2.05) is 0 Å². The van der Waals surface area contributed by atoms with Gasteiger partial charge in [0.1, 0.15) is 0 Å². The van der Waals surface area contributed by atoms with Crippen molar-refractivity contribution in [1.29, 1.82) is 0 Å². The first-order valence-electron chi connectivity index (χ1n) is 6.20. The first-order valence-corrected chi connectivity index (χ1v) is 6.20. The number of rotatable bonds is 5. The molecule has 1 saturated carbocycles. The van der Waals surface area contributed by atoms with Crippen molar-refractivity contribution in [3.8, 4) is 0 Å². The van der Waals surface area contributed by atoms with E-state index >= 15 is 0 Å². The number of carboxylic acids is 1. The van der Waals surface area contributed by atoms with Gasteiger partial charge in [0.2, 0.25) is 5.91 Å². The highest BCUT2D eigenvalue weighted by Gasteiger charge is 2.65. The molecule has 0 saturated heterocycles. The van der Waals surface area contributed by atoms with Crippen molar-refractivity contribution in [2.75, 3.05) is 6.54 Å². The highest BCUT2D eigenvalue weighted by atomic mass is 16.4. The Morgan fingerprint density at radius 3 is 2.63 bits per heavy atom. The summed E-state index contributed by atoms with van der Waals surface area (Å²) < 4.78 is 0. The van der Waals surface area contributed by atoms with Gasteiger partial charge in [-0.25, -0.2) is 0 Å². The van der Waals surface area contributed by atoms with Crippen LogP contribution in [-0.2, 0) is 16.0 Å². The fourth-order valence-corrected chi connectivity index (χ4v) is 2.47. The van der Waals surface area contributed by atoms with E-state index in [1.165, 1.54) is 0 Å². The van der Waals surface area contributed by atoms with E-state index in [0.717, 1.165) is 5.69 Å². The van der Waals surface area contributed by atoms with Crippen LogP contribution in [0, 0.1) is 17.3 Å². The minimum absolute atomic E-state index is 0.193. The first-order chi connectivity index (χ1) is 8.94. The molecular weight excluding hydrogens is 246 g/mol. The van der Waals surface area contributed by atoms with Gasteiger partial charge in [0.25, 0.3) is 0 Å². The molecule has 0 unspecified atom stereocenters. The number of carbonyl (C=O) groups is 2. The maximum Gasteiger partial charge on any atom is 0.307 e. The Balaban J connectivity index is 1.82. The molecule has 0 aromatic carbocycles. The molecule has 0 bridgehead atoms. The van der Waals surface area contributed by atoms with E-state index in [4.69, 9.17) is 5.11 Å². The number of nitrogens with zero attached hydrogens (tertiary/aromatic N) is 2. The molecule has 2 atom stereocenters. The van der Waals surface area contributed by atoms with Crippen LogP contribution in [-0.4, -0.2) is 33.5 Å². The molecule has 2 rings (SSSR count). The fraction of sp³-hybridized carbons (Fsp3) is 0.538. The first kappa shape index (κ1) is 13.5. The standard InChI is InChI=1S/C13H17N3O3/c1-13(2)9(10(13)12(18)19)11(17)16-4-3-8-7-14-5-6-15-8/h5-7,9-10H,3-4H2,1-2H3,(H,16,17)(H,18,19)/t9-,10+/m1/s1. The van der Waals surface area contributed by atoms with Gasteiger partial charge < -0.3 is 10.4 Å². The average molecular weight is 263 g/mol. The highest BCUT2D eigenvalue weighted by Crippen LogP contribution is 2.58. The Bertz CT molecular complexity index is 487. The molecule has 0 radical (unpaired) electrons. The average Bonchev–Trinajstić information content (AvgIpc) is 2.94. The summed E-state index contributed by atoms with van der Waals surface area (Å²) in [4.78, 5) is 30.9. The zero-order valence-corrected chi connectivity index (χ0v) is 11.0. The second kappa shape index (κ2) is 4.95. The van der Waals surface area contributed by atoms with Gasteiger partial charge in [-0.15, -0.1) is 0 Å². The second-order valence-electron chi connectivity index (χ2n) is 5.35. The van der Waals surface area contributed by atoms with Gasteiger partial charge in [-0.3, -0.25) is 19.6 Å². The summed E-state index contributed by atoms with van der Waals surface area (Å²) in [6, 6.07) is 0. The molecule has 1 aliphatic carbocycles. The van der Waals surface area contributed by atoms with Gasteiger partial charge in [0.05, 0.1) is 17.5 Å². The molecule has 1 aromatic heterocycles. The fourth-order valence-electron chi connectivity index (χ4n) is 2.47. The van der Waals surface area contributed by atoms with Crippen molar-refractivity contribution in [3.05, 3.63) is 24.3 Å². The van der Waals surface area contributed by atoms with E-state index in [1.54, 1.807) is 32.4 Å². The molecule has 1 amide bonds. The minimum Gasteiger partial charge on any atom is -0.481 e. The Hall–Kier alpha value is -1.98. The molecule has 1 aromatic rings. The lowest BCUT2D eigenvalue weighted by Crippen LogP contribution is -2.29. The van der Waals surface area contributed by atoms with Crippen LogP contribution in [0.3, 0.4) is 0 Å². The number of nitrogens with one attached hydrogen (secondary N) is 1. The molecule has 6 nitrogen and oxygen atoms in total. The zero-order valence-electron chi connectivity index (χ0n) is 11.0. The third-order valence-electron chi connectivity index (χ3n) is 3.67. The number of aliphatic carboxylic acids is 1. The third-order valence-corrected chi connectivity index (χ3v) is 3.67. The number of carbonyl (C=O) groups excluding carboxylic acids is 1. The molecule has 2 N–H and O–H groups in total. The lowest BCUT2D eigenvalue weighted by molar-refractivity contribution is -0.140. The normalized spacial score (nSPS) is 23.7. The number of hydrogen-bond acceptors (Lipinski definition) is 4. The van der Waals surface area contributed by atoms with Gasteiger partial charge in [0.15, 0.2) is 0 Å². The SMILES string of the molecule is CC1(C)[C@H](C(=O)O)[C@@H]1C(=O)NCCc1cnccn1. The molecule has 102 valence electrons. The van der Waals surface area contributed by atoms with Gasteiger partial charge >= 0.3 is 5.97 Å². The summed E-state index contributed by atoms with van der Waals surface area (Å²) in [5, 5.41) is 11.8. The van der Waals surface area contributed by atoms with Crippen LogP contribution >= 0.6 is 0 Å². The molecule has 1 aliphatic rings. The van der Waals surface area contributed by atoms with E-state index in [9.17, 15) is 9.59 Å². The Morgan fingerprint density at radius 1 is 1.37 bits per heavy atom. The van der Waals surface area contributed by atoms with Crippen molar-refractivity contribution in [3.63, 3.8) is 0 Å². The highest BCUT2D eigenvalue weighted by molar-refractivity contribution is 5.91. The second-order valence-corrected chi connectivity index (χ2v) is 5.35. The van der Waals surface area contributed by atoms with E-state index in [0.29, 0.717) is 13.0 Å². The third kappa shape index (κ3) is 2.72. The molecule has 6 heteroatoms. The van der Waals surface area contributed by atoms with Gasteiger partial charge in [-0.05, 0) is 5.41 Å². The summed E-state index contributed by atoms with van der Waals surface area (Å²) in [7, 11) is 0. The summed E-state index contributed by atoms with van der Waals surface area (Å²) >= 11 is 0. The van der Waals surface area contributed by atoms with Crippen molar-refractivity contribution >= 4 is 11.9 Å². The lowest BCUT2D eigenvalue weighted by Gasteiger charge is -2.05. The molecule has 0 aliphatic heterocycles. The Kier molecular flexibility index (Phi) is 3.50. The largest absolute Gasteiger partial charge is 0.481 e. The molecular formula is C13H17N3O3. The quantitative estimate of drug-likeness (QED) is 0.806.